The molecule has 458 valence electrons. The number of quaternary nitrogens is 1. The highest BCUT2D eigenvalue weighted by Crippen LogP contribution is 2.38. The summed E-state index contributed by atoms with van der Waals surface area (Å²) in [6.07, 6.45) is 72.5. The van der Waals surface area contributed by atoms with Gasteiger partial charge in [0, 0.05) is 12.8 Å². The number of phosphoric ester groups is 1. The Labute approximate surface area is 484 Å². The number of hydrogen-bond donors (Lipinski definition) is 1. The molecule has 0 aromatic heterocycles. The van der Waals surface area contributed by atoms with Crippen molar-refractivity contribution in [3.05, 3.63) is 48.6 Å². The highest BCUT2D eigenvalue weighted by molar-refractivity contribution is 7.45. The molecule has 0 saturated carbocycles. The largest absolute Gasteiger partial charge is 0.756 e. The van der Waals surface area contributed by atoms with E-state index >= 15 is 0 Å². The van der Waals surface area contributed by atoms with Crippen molar-refractivity contribution in [1.29, 1.82) is 0 Å². The molecule has 78 heavy (non-hydrogen) atoms. The zero-order valence-electron chi connectivity index (χ0n) is 52.4. The van der Waals surface area contributed by atoms with Crippen molar-refractivity contribution in [2.24, 2.45) is 0 Å². The van der Waals surface area contributed by atoms with E-state index in [0.717, 1.165) is 77.0 Å². The molecule has 0 aliphatic rings. The lowest BCUT2D eigenvalue weighted by Gasteiger charge is -2.30. The average Bonchev–Trinajstić information content (AvgIpc) is 3.40. The van der Waals surface area contributed by atoms with Gasteiger partial charge in [-0.05, 0) is 51.0 Å². The summed E-state index contributed by atoms with van der Waals surface area (Å²) >= 11 is 0. The molecule has 0 spiro atoms. The van der Waals surface area contributed by atoms with Crippen LogP contribution in [0.2, 0.25) is 0 Å². The van der Waals surface area contributed by atoms with Gasteiger partial charge in [0.2, 0.25) is 5.91 Å². The summed E-state index contributed by atoms with van der Waals surface area (Å²) in [5.41, 5.74) is 0. The number of carbonyl (C=O) groups excluding carboxylic acids is 2. The molecule has 3 unspecified atom stereocenters. The maximum absolute atomic E-state index is 13.5. The second kappa shape index (κ2) is 58.2. The van der Waals surface area contributed by atoms with Crippen molar-refractivity contribution in [2.75, 3.05) is 40.9 Å². The first-order valence-corrected chi connectivity index (χ1v) is 34.9. The van der Waals surface area contributed by atoms with Crippen LogP contribution in [-0.4, -0.2) is 69.4 Å². The number of rotatable bonds is 61. The minimum Gasteiger partial charge on any atom is -0.756 e. The van der Waals surface area contributed by atoms with Crippen LogP contribution < -0.4 is 10.2 Å². The quantitative estimate of drug-likeness (QED) is 0.0161. The number of ether oxygens (including phenoxy) is 1. The summed E-state index contributed by atoms with van der Waals surface area (Å²) < 4.78 is 30.3. The van der Waals surface area contributed by atoms with E-state index in [2.05, 4.69) is 62.5 Å². The molecule has 0 saturated heterocycles. The van der Waals surface area contributed by atoms with E-state index in [0.29, 0.717) is 23.9 Å². The van der Waals surface area contributed by atoms with Gasteiger partial charge in [-0.25, -0.2) is 0 Å². The summed E-state index contributed by atoms with van der Waals surface area (Å²) in [6.45, 7) is 6.73. The van der Waals surface area contributed by atoms with E-state index < -0.39 is 26.6 Å². The second-order valence-electron chi connectivity index (χ2n) is 24.0. The van der Waals surface area contributed by atoms with Gasteiger partial charge in [0.1, 0.15) is 19.3 Å². The first kappa shape index (κ1) is 76.0. The Morgan fingerprint density at radius 1 is 0.462 bits per heavy atom. The lowest BCUT2D eigenvalue weighted by Crippen LogP contribution is -2.47. The van der Waals surface area contributed by atoms with Gasteiger partial charge in [-0.15, -0.1) is 0 Å². The van der Waals surface area contributed by atoms with Gasteiger partial charge in [-0.2, -0.15) is 0 Å². The maximum Gasteiger partial charge on any atom is 0.306 e. The third kappa shape index (κ3) is 58.6. The number of nitrogens with one attached hydrogen (secondary N) is 1. The van der Waals surface area contributed by atoms with Crippen molar-refractivity contribution in [2.45, 2.75) is 335 Å². The molecule has 0 aliphatic heterocycles. The molecule has 0 aliphatic carbocycles. The molecule has 0 aromatic rings. The molecule has 3 atom stereocenters. The van der Waals surface area contributed by atoms with Crippen molar-refractivity contribution in [3.8, 4) is 0 Å². The number of carbonyl (C=O) groups is 2. The van der Waals surface area contributed by atoms with Crippen LogP contribution in [0.5, 0.6) is 0 Å². The van der Waals surface area contributed by atoms with Gasteiger partial charge in [0.25, 0.3) is 7.82 Å². The van der Waals surface area contributed by atoms with Crippen LogP contribution >= 0.6 is 7.82 Å². The van der Waals surface area contributed by atoms with E-state index in [-0.39, 0.29) is 24.9 Å². The molecule has 0 bridgehead atoms. The number of amides is 1. The second-order valence-corrected chi connectivity index (χ2v) is 25.4. The predicted octanol–water partition coefficient (Wildman–Crippen LogP) is 20.2. The van der Waals surface area contributed by atoms with Crippen LogP contribution in [0.15, 0.2) is 48.6 Å². The van der Waals surface area contributed by atoms with Crippen LogP contribution in [0, 0.1) is 0 Å². The van der Waals surface area contributed by atoms with Gasteiger partial charge in [0.05, 0.1) is 33.8 Å². The van der Waals surface area contributed by atoms with Gasteiger partial charge in [0.15, 0.2) is 0 Å². The Morgan fingerprint density at radius 2 is 0.821 bits per heavy atom. The van der Waals surface area contributed by atoms with Crippen molar-refractivity contribution >= 4 is 19.7 Å². The number of esters is 1. The first-order valence-electron chi connectivity index (χ1n) is 33.5. The Bertz CT molecular complexity index is 1470. The average molecular weight is 1120 g/mol. The number of likely N-dealkylation sites (N-methyl/N-ethyl adjacent to an activating group) is 1. The number of hydrogen-bond acceptors (Lipinski definition) is 7. The molecule has 0 radical (unpaired) electrons. The molecule has 0 rings (SSSR count). The molecule has 0 fully saturated rings. The number of nitrogens with zero attached hydrogens (tertiary/aromatic N) is 1. The molecule has 10 heteroatoms. The monoisotopic (exact) mass is 1120 g/mol. The molecule has 9 nitrogen and oxygen atoms in total. The molecule has 1 amide bonds. The zero-order valence-corrected chi connectivity index (χ0v) is 53.3. The number of allylic oxidation sites excluding steroid dienone is 7. The number of phosphoric acid groups is 1. The normalized spacial score (nSPS) is 13.9. The number of unbranched alkanes of at least 4 members (excludes halogenated alkanes) is 41. The smallest absolute Gasteiger partial charge is 0.306 e. The van der Waals surface area contributed by atoms with Crippen LogP contribution in [0.3, 0.4) is 0 Å². The standard InChI is InChI=1S/C68H129N2O7P/c1-7-10-13-16-19-22-25-28-29-30-31-32-33-34-35-36-37-38-39-40-41-43-46-49-52-55-58-61-68(72)77-66(59-56-53-50-47-44-27-24-21-18-15-12-9-3)65(64-76-78(73,74)75-63-62-70(4,5)6)69-67(71)60-57-54-51-48-45-42-26-23-20-17-14-11-8-2/h11,14,17,20,23,26,56,59,65-66H,7-10,12-13,15-16,18-19,21-22,24-25,27-55,57-58,60-64H2,1-6H3,(H-,69,71,73,74)/b14-11+,20-17+,26-23-,59-56-. The fraction of sp³-hybridized carbons (Fsp3) is 0.853. The minimum atomic E-state index is -4.70. The highest BCUT2D eigenvalue weighted by atomic mass is 31.2. The summed E-state index contributed by atoms with van der Waals surface area (Å²) in [6, 6.07) is -0.897. The summed E-state index contributed by atoms with van der Waals surface area (Å²) in [5, 5.41) is 3.02. The van der Waals surface area contributed by atoms with E-state index in [1.807, 2.05) is 33.3 Å². The van der Waals surface area contributed by atoms with Crippen molar-refractivity contribution in [1.82, 2.24) is 5.32 Å². The van der Waals surface area contributed by atoms with Gasteiger partial charge < -0.3 is 28.5 Å². The minimum absolute atomic E-state index is 0.0257. The molecular weight excluding hydrogens is 988 g/mol. The Morgan fingerprint density at radius 3 is 1.22 bits per heavy atom. The van der Waals surface area contributed by atoms with E-state index in [9.17, 15) is 19.0 Å². The summed E-state index contributed by atoms with van der Waals surface area (Å²) in [7, 11) is 1.18. The fourth-order valence-corrected chi connectivity index (χ4v) is 10.7. The fourth-order valence-electron chi connectivity index (χ4n) is 9.94. The Balaban J connectivity index is 4.97. The first-order chi connectivity index (χ1) is 37.9. The third-order valence-electron chi connectivity index (χ3n) is 15.1. The highest BCUT2D eigenvalue weighted by Gasteiger charge is 2.27. The lowest BCUT2D eigenvalue weighted by atomic mass is 10.0. The maximum atomic E-state index is 13.5. The summed E-state index contributed by atoms with van der Waals surface area (Å²) in [5.74, 6) is -0.553. The zero-order chi connectivity index (χ0) is 57.2. The third-order valence-corrected chi connectivity index (χ3v) is 16.0. The SMILES string of the molecule is CC/C=C/C=C/C=C\CCCCCCCC(=O)NC(COP(=O)([O-])OCC[N+](C)(C)C)C(/C=C\CCCCCCCCCCCC)OC(=O)CCCCCCCCCCCCCCCCCCCCCCCCCCCCC. The van der Waals surface area contributed by atoms with Crippen LogP contribution in [0.4, 0.5) is 0 Å². The van der Waals surface area contributed by atoms with E-state index in [1.54, 1.807) is 0 Å². The topological polar surface area (TPSA) is 114 Å². The van der Waals surface area contributed by atoms with Crippen LogP contribution in [0.1, 0.15) is 323 Å². The van der Waals surface area contributed by atoms with Crippen LogP contribution in [-0.2, 0) is 27.9 Å². The van der Waals surface area contributed by atoms with E-state index in [1.165, 1.54) is 205 Å². The van der Waals surface area contributed by atoms with Gasteiger partial charge >= 0.3 is 5.97 Å². The van der Waals surface area contributed by atoms with E-state index in [4.69, 9.17) is 13.8 Å². The van der Waals surface area contributed by atoms with Crippen molar-refractivity contribution < 1.29 is 37.3 Å². The van der Waals surface area contributed by atoms with Gasteiger partial charge in [-0.1, -0.05) is 307 Å². The molecule has 1 N–H and O–H groups in total. The Kier molecular flexibility index (Phi) is 56.7. The predicted molar refractivity (Wildman–Crippen MR) is 335 cm³/mol. The van der Waals surface area contributed by atoms with Crippen LogP contribution in [0.25, 0.3) is 0 Å². The molecule has 0 heterocycles. The lowest BCUT2D eigenvalue weighted by molar-refractivity contribution is -0.870. The van der Waals surface area contributed by atoms with Gasteiger partial charge in [-0.3, -0.25) is 14.2 Å². The molecule has 0 aromatic carbocycles. The van der Waals surface area contributed by atoms with Crippen molar-refractivity contribution in [3.63, 3.8) is 0 Å². The summed E-state index contributed by atoms with van der Waals surface area (Å²) in [4.78, 5) is 40.0. The molecular formula is C68H129N2O7P. The Hall–Kier alpha value is -2.03.